The molecule has 1 unspecified atom stereocenters. The van der Waals surface area contributed by atoms with Crippen molar-refractivity contribution >= 4 is 23.7 Å². The number of anilines is 1. The van der Waals surface area contributed by atoms with E-state index < -0.39 is 0 Å². The molecule has 158 valence electrons. The summed E-state index contributed by atoms with van der Waals surface area (Å²) in [6, 6.07) is 1.70. The summed E-state index contributed by atoms with van der Waals surface area (Å²) < 4.78 is 15.6. The maximum Gasteiger partial charge on any atom is 0.290 e. The van der Waals surface area contributed by atoms with E-state index in [0.29, 0.717) is 30.0 Å². The van der Waals surface area contributed by atoms with Gasteiger partial charge in [0.05, 0.1) is 18.1 Å². The van der Waals surface area contributed by atoms with Gasteiger partial charge in [-0.15, -0.1) is 0 Å². The first kappa shape index (κ1) is 21.2. The first-order chi connectivity index (χ1) is 14.5. The fourth-order valence-electron chi connectivity index (χ4n) is 3.54. The summed E-state index contributed by atoms with van der Waals surface area (Å²) in [5, 5.41) is 14.1. The lowest BCUT2D eigenvalue weighted by molar-refractivity contribution is -0.122. The topological polar surface area (TPSA) is 113 Å². The largest absolute Gasteiger partial charge is 0.483 e. The van der Waals surface area contributed by atoms with Gasteiger partial charge in [0.25, 0.3) is 12.4 Å². The number of hydrogen-bond acceptors (Lipinski definition) is 6. The second-order valence-corrected chi connectivity index (χ2v) is 7.05. The first-order valence-corrected chi connectivity index (χ1v) is 9.54. The van der Waals surface area contributed by atoms with Crippen LogP contribution in [-0.2, 0) is 4.79 Å². The Morgan fingerprint density at radius 2 is 2.20 bits per heavy atom. The third kappa shape index (κ3) is 4.88. The molecule has 1 saturated heterocycles. The number of halogens is 1. The third-order valence-corrected chi connectivity index (χ3v) is 4.89. The van der Waals surface area contributed by atoms with Crippen LogP contribution in [0.5, 0.6) is 0 Å². The lowest BCUT2D eigenvalue weighted by Crippen LogP contribution is -2.41. The molecule has 1 aliphatic rings. The van der Waals surface area contributed by atoms with E-state index in [1.807, 2.05) is 18.0 Å². The number of carbonyl (C=O) groups is 2. The number of carbonyl (C=O) groups excluding carboxylic acids is 1. The number of aryl methyl sites for hydroxylation is 1. The molecule has 30 heavy (non-hydrogen) atoms. The number of nitrogens with one attached hydrogen (secondary N) is 1. The Bertz CT molecular complexity index is 1020. The molecule has 4 heterocycles. The first-order valence-electron chi connectivity index (χ1n) is 9.54. The van der Waals surface area contributed by atoms with Crippen LogP contribution < -0.4 is 10.2 Å². The van der Waals surface area contributed by atoms with Crippen molar-refractivity contribution in [3.8, 4) is 0 Å². The summed E-state index contributed by atoms with van der Waals surface area (Å²) in [4.78, 5) is 31.1. The van der Waals surface area contributed by atoms with Gasteiger partial charge in [-0.3, -0.25) is 14.6 Å². The van der Waals surface area contributed by atoms with Crippen LogP contribution in [0.3, 0.4) is 0 Å². The van der Waals surface area contributed by atoms with Gasteiger partial charge >= 0.3 is 0 Å². The van der Waals surface area contributed by atoms with Crippen LogP contribution in [0.15, 0.2) is 37.1 Å². The predicted molar refractivity (Wildman–Crippen MR) is 108 cm³/mol. The monoisotopic (exact) mass is 414 g/mol. The predicted octanol–water partition coefficient (Wildman–Crippen LogP) is 1.92. The van der Waals surface area contributed by atoms with Crippen LogP contribution >= 0.6 is 0 Å². The van der Waals surface area contributed by atoms with Gasteiger partial charge < -0.3 is 15.3 Å². The van der Waals surface area contributed by atoms with E-state index in [-0.39, 0.29) is 24.1 Å². The molecular formula is C20H23FN6O3. The summed E-state index contributed by atoms with van der Waals surface area (Å²) in [5.41, 5.74) is 2.55. The molecule has 0 aliphatic carbocycles. The molecule has 2 N–H and O–H groups in total. The number of hydrogen-bond donors (Lipinski definition) is 2. The molecule has 10 heteroatoms. The van der Waals surface area contributed by atoms with Crippen LogP contribution in [0, 0.1) is 18.7 Å². The number of fused-ring (bicyclic) bond motifs is 1. The maximum atomic E-state index is 14.0. The molecular weight excluding hydrogens is 391 g/mol. The van der Waals surface area contributed by atoms with E-state index in [9.17, 15) is 9.18 Å². The van der Waals surface area contributed by atoms with Crippen LogP contribution in [0.2, 0.25) is 0 Å². The molecule has 9 nitrogen and oxygen atoms in total. The number of amides is 1. The fourth-order valence-corrected chi connectivity index (χ4v) is 3.54. The van der Waals surface area contributed by atoms with Crippen molar-refractivity contribution in [2.24, 2.45) is 5.92 Å². The Balaban J connectivity index is 0.000000806. The van der Waals surface area contributed by atoms with Gasteiger partial charge in [-0.2, -0.15) is 5.10 Å². The Morgan fingerprint density at radius 1 is 1.40 bits per heavy atom. The highest BCUT2D eigenvalue weighted by Crippen LogP contribution is 2.24. The lowest BCUT2D eigenvalue weighted by atomic mass is 9.97. The van der Waals surface area contributed by atoms with Crippen molar-refractivity contribution in [2.45, 2.75) is 19.8 Å². The zero-order valence-corrected chi connectivity index (χ0v) is 16.5. The third-order valence-electron chi connectivity index (χ3n) is 4.89. The van der Waals surface area contributed by atoms with Gasteiger partial charge in [0, 0.05) is 38.2 Å². The minimum absolute atomic E-state index is 0.187. The molecule has 1 amide bonds. The highest BCUT2D eigenvalue weighted by atomic mass is 19.1. The Kier molecular flexibility index (Phi) is 6.89. The van der Waals surface area contributed by atoms with E-state index in [1.54, 1.807) is 23.0 Å². The standard InChI is InChI=1S/C19H21FN6O.CH2O2/c1-13-7-22-18-15(9-24-26(18)11-13)19(27)23-8-14-3-2-6-25(12-14)17-4-5-21-10-16(17)20;2-1-3/h4-5,7,9-11,14H,2-3,6,8,12H2,1H3,(H,23,27);1H,(H,2,3). The normalized spacial score (nSPS) is 15.9. The van der Waals surface area contributed by atoms with Crippen molar-refractivity contribution in [3.05, 3.63) is 54.0 Å². The van der Waals surface area contributed by atoms with Crippen LogP contribution in [0.4, 0.5) is 10.1 Å². The van der Waals surface area contributed by atoms with Gasteiger partial charge in [-0.25, -0.2) is 13.9 Å². The van der Waals surface area contributed by atoms with Crippen LogP contribution in [0.25, 0.3) is 5.65 Å². The maximum absolute atomic E-state index is 14.0. The second kappa shape index (κ2) is 9.77. The SMILES string of the molecule is Cc1cnc2c(C(=O)NCC3CCCN(c4ccncc4F)C3)cnn2c1.O=CO. The number of piperidine rings is 1. The minimum atomic E-state index is -0.310. The molecule has 0 radical (unpaired) electrons. The van der Waals surface area contributed by atoms with E-state index >= 15 is 0 Å². The van der Waals surface area contributed by atoms with Crippen molar-refractivity contribution in [3.63, 3.8) is 0 Å². The Hall–Kier alpha value is -3.56. The molecule has 1 fully saturated rings. The summed E-state index contributed by atoms with van der Waals surface area (Å²) in [6.07, 6.45) is 9.88. The quantitative estimate of drug-likeness (QED) is 0.627. The van der Waals surface area contributed by atoms with E-state index in [2.05, 4.69) is 20.4 Å². The number of aromatic nitrogens is 4. The molecule has 0 bridgehead atoms. The number of carboxylic acid groups (broad SMARTS) is 1. The number of pyridine rings is 1. The van der Waals surface area contributed by atoms with Crippen molar-refractivity contribution in [1.29, 1.82) is 0 Å². The zero-order valence-electron chi connectivity index (χ0n) is 16.5. The summed E-state index contributed by atoms with van der Waals surface area (Å²) >= 11 is 0. The second-order valence-electron chi connectivity index (χ2n) is 7.05. The van der Waals surface area contributed by atoms with Crippen molar-refractivity contribution < 1.29 is 19.1 Å². The molecule has 1 atom stereocenters. The van der Waals surface area contributed by atoms with Gasteiger partial charge in [0.2, 0.25) is 0 Å². The average molecular weight is 414 g/mol. The lowest BCUT2D eigenvalue weighted by Gasteiger charge is -2.34. The number of rotatable bonds is 4. The highest BCUT2D eigenvalue weighted by Gasteiger charge is 2.23. The average Bonchev–Trinajstić information content (AvgIpc) is 3.16. The molecule has 0 saturated carbocycles. The molecule has 1 aliphatic heterocycles. The summed E-state index contributed by atoms with van der Waals surface area (Å²) in [5.74, 6) is -0.240. The van der Waals surface area contributed by atoms with Gasteiger partial charge in [0.1, 0.15) is 5.56 Å². The highest BCUT2D eigenvalue weighted by molar-refractivity contribution is 5.99. The molecule has 3 aromatic heterocycles. The smallest absolute Gasteiger partial charge is 0.290 e. The molecule has 0 aromatic carbocycles. The molecule has 4 rings (SSSR count). The minimum Gasteiger partial charge on any atom is -0.483 e. The van der Waals surface area contributed by atoms with Crippen molar-refractivity contribution in [2.75, 3.05) is 24.5 Å². The fraction of sp³-hybridized carbons (Fsp3) is 0.350. The van der Waals surface area contributed by atoms with Gasteiger partial charge in [-0.05, 0) is 37.3 Å². The summed E-state index contributed by atoms with van der Waals surface area (Å²) in [7, 11) is 0. The van der Waals surface area contributed by atoms with Gasteiger partial charge in [-0.1, -0.05) is 0 Å². The van der Waals surface area contributed by atoms with E-state index in [1.165, 1.54) is 12.4 Å². The van der Waals surface area contributed by atoms with Crippen molar-refractivity contribution in [1.82, 2.24) is 24.9 Å². The van der Waals surface area contributed by atoms with Gasteiger partial charge in [0.15, 0.2) is 11.5 Å². The summed E-state index contributed by atoms with van der Waals surface area (Å²) in [6.45, 7) is 3.72. The molecule has 3 aromatic rings. The number of nitrogens with zero attached hydrogens (tertiary/aromatic N) is 5. The Labute approximate surface area is 172 Å². The Morgan fingerprint density at radius 3 is 2.97 bits per heavy atom. The van der Waals surface area contributed by atoms with E-state index in [0.717, 1.165) is 24.9 Å². The molecule has 0 spiro atoms. The van der Waals surface area contributed by atoms with Crippen LogP contribution in [0.1, 0.15) is 28.8 Å². The van der Waals surface area contributed by atoms with E-state index in [4.69, 9.17) is 9.90 Å². The zero-order chi connectivity index (χ0) is 21.5. The van der Waals surface area contributed by atoms with Crippen LogP contribution in [-0.4, -0.2) is 56.7 Å².